The Balaban J connectivity index is 2.65. The molecule has 0 amide bonds. The highest BCUT2D eigenvalue weighted by molar-refractivity contribution is 5.85. The number of likely N-dealkylation sites (N-methyl/N-ethyl adjacent to an activating group) is 1. The lowest BCUT2D eigenvalue weighted by molar-refractivity contribution is 0.365. The Morgan fingerprint density at radius 1 is 1.23 bits per heavy atom. The minimum Gasteiger partial charge on any atom is -0.298 e. The van der Waals surface area contributed by atoms with Gasteiger partial charge in [0.15, 0.2) is 0 Å². The summed E-state index contributed by atoms with van der Waals surface area (Å²) >= 11 is 0. The molecule has 0 spiro atoms. The minimum absolute atomic E-state index is 0.0290. The first-order valence-corrected chi connectivity index (χ1v) is 7.07. The van der Waals surface area contributed by atoms with E-state index in [4.69, 9.17) is 11.0 Å². The molecule has 22 heavy (non-hydrogen) atoms. The van der Waals surface area contributed by atoms with E-state index in [1.54, 1.807) is 36.4 Å². The smallest absolute Gasteiger partial charge is 0.0717 e. The predicted molar refractivity (Wildman–Crippen MR) is 96.7 cm³/mol. The Morgan fingerprint density at radius 2 is 2.00 bits per heavy atom. The van der Waals surface area contributed by atoms with Gasteiger partial charge in [-0.25, -0.2) is 0 Å². The van der Waals surface area contributed by atoms with Gasteiger partial charge in [0.2, 0.25) is 0 Å². The standard InChI is InChI=1S/C21H25N/c1-21(2,3)15-8-5-9-16-22(4)17-19-13-10-12-18-11-6-7-14-20(18)19/h5-7,9-14H,16-17H2,1-4H3/b9-5+/i4D3,5D,16D2,17D2. The lowest BCUT2D eigenvalue weighted by Gasteiger charge is -2.15. The van der Waals surface area contributed by atoms with Gasteiger partial charge in [0, 0.05) is 28.0 Å². The van der Waals surface area contributed by atoms with Gasteiger partial charge in [-0.3, -0.25) is 4.90 Å². The van der Waals surface area contributed by atoms with Crippen LogP contribution in [0.2, 0.25) is 0 Å². The molecule has 114 valence electrons. The Morgan fingerprint density at radius 3 is 2.77 bits per heavy atom. The summed E-state index contributed by atoms with van der Waals surface area (Å²) in [6, 6.07) is 11.3. The second kappa shape index (κ2) is 7.29. The Kier molecular flexibility index (Phi) is 2.84. The number of hydrogen-bond acceptors (Lipinski definition) is 1. The SMILES string of the molecule is [2H]/C(C#CC(C)(C)C)=C\C([2H])([2H])N(C([2H])([2H])[2H])C([2H])([2H])c1cccc2ccccc12. The van der Waals surface area contributed by atoms with Crippen molar-refractivity contribution in [3.63, 3.8) is 0 Å². The molecule has 0 atom stereocenters. The van der Waals surface area contributed by atoms with E-state index in [1.165, 1.54) is 6.07 Å². The summed E-state index contributed by atoms with van der Waals surface area (Å²) in [6.45, 7) is -3.15. The first-order valence-electron chi connectivity index (χ1n) is 11.1. The lowest BCUT2D eigenvalue weighted by Crippen LogP contribution is -2.17. The lowest BCUT2D eigenvalue weighted by atomic mass is 9.98. The molecular formula is C21H25N. The van der Waals surface area contributed by atoms with Gasteiger partial charge in [-0.05, 0) is 50.1 Å². The van der Waals surface area contributed by atoms with Gasteiger partial charge in [0.05, 0.1) is 1.37 Å². The fraction of sp³-hybridized carbons (Fsp3) is 0.333. The van der Waals surface area contributed by atoms with Crippen LogP contribution in [0.3, 0.4) is 0 Å². The summed E-state index contributed by atoms with van der Waals surface area (Å²) in [7, 11) is 0. The van der Waals surface area contributed by atoms with Gasteiger partial charge in [0.1, 0.15) is 0 Å². The molecule has 0 aromatic heterocycles. The maximum atomic E-state index is 8.63. The third kappa shape index (κ3) is 5.06. The van der Waals surface area contributed by atoms with Crippen molar-refractivity contribution in [2.45, 2.75) is 27.3 Å². The molecule has 1 heteroatoms. The van der Waals surface area contributed by atoms with Crippen LogP contribution in [-0.4, -0.2) is 18.4 Å². The van der Waals surface area contributed by atoms with E-state index in [2.05, 4.69) is 11.8 Å². The van der Waals surface area contributed by atoms with Crippen LogP contribution in [0, 0.1) is 17.3 Å². The van der Waals surface area contributed by atoms with Crippen molar-refractivity contribution in [2.24, 2.45) is 5.41 Å². The topological polar surface area (TPSA) is 3.24 Å². The summed E-state index contributed by atoms with van der Waals surface area (Å²) in [5, 5.41) is 1.19. The van der Waals surface area contributed by atoms with Gasteiger partial charge < -0.3 is 0 Å². The molecule has 0 saturated heterocycles. The quantitative estimate of drug-likeness (QED) is 0.727. The van der Waals surface area contributed by atoms with E-state index in [0.29, 0.717) is 10.8 Å². The average Bonchev–Trinajstić information content (AvgIpc) is 2.56. The Labute approximate surface area is 145 Å². The fourth-order valence-electron chi connectivity index (χ4n) is 1.83. The first-order chi connectivity index (χ1) is 13.6. The molecule has 0 unspecified atom stereocenters. The summed E-state index contributed by atoms with van der Waals surface area (Å²) in [5.41, 5.74) is -0.394. The molecule has 0 aliphatic carbocycles. The molecule has 1 nitrogen and oxygen atoms in total. The average molecular weight is 299 g/mol. The first kappa shape index (κ1) is 8.56. The Hall–Kier alpha value is -2.04. The van der Waals surface area contributed by atoms with E-state index >= 15 is 0 Å². The zero-order chi connectivity index (χ0) is 23.0. The van der Waals surface area contributed by atoms with E-state index in [-0.39, 0.29) is 10.5 Å². The van der Waals surface area contributed by atoms with Crippen molar-refractivity contribution in [3.8, 4) is 11.8 Å². The van der Waals surface area contributed by atoms with Gasteiger partial charge >= 0.3 is 0 Å². The highest BCUT2D eigenvalue weighted by Crippen LogP contribution is 2.19. The van der Waals surface area contributed by atoms with E-state index in [1.807, 2.05) is 20.8 Å². The van der Waals surface area contributed by atoms with Crippen molar-refractivity contribution in [1.82, 2.24) is 4.90 Å². The van der Waals surface area contributed by atoms with Crippen LogP contribution in [0.1, 0.15) is 37.3 Å². The van der Waals surface area contributed by atoms with Crippen LogP contribution in [0.15, 0.2) is 54.6 Å². The van der Waals surface area contributed by atoms with E-state index in [9.17, 15) is 0 Å². The van der Waals surface area contributed by atoms with Crippen molar-refractivity contribution in [3.05, 3.63) is 60.2 Å². The number of benzene rings is 2. The van der Waals surface area contributed by atoms with E-state index in [0.717, 1.165) is 6.08 Å². The van der Waals surface area contributed by atoms with Gasteiger partial charge in [0.25, 0.3) is 0 Å². The number of hydrogen-bond donors (Lipinski definition) is 0. The van der Waals surface area contributed by atoms with Gasteiger partial charge in [-0.1, -0.05) is 60.4 Å². The number of nitrogens with zero attached hydrogens (tertiary/aromatic N) is 1. The van der Waals surface area contributed by atoms with Crippen molar-refractivity contribution in [1.29, 1.82) is 0 Å². The summed E-state index contributed by atoms with van der Waals surface area (Å²) in [4.78, 5) is 0.183. The monoisotopic (exact) mass is 299 g/mol. The minimum atomic E-state index is -3.13. The van der Waals surface area contributed by atoms with Crippen LogP contribution in [0.4, 0.5) is 0 Å². The van der Waals surface area contributed by atoms with E-state index < -0.39 is 31.4 Å². The maximum Gasteiger partial charge on any atom is 0.0717 e. The molecule has 0 heterocycles. The summed E-state index contributed by atoms with van der Waals surface area (Å²) in [5.74, 6) is 5.30. The van der Waals surface area contributed by atoms with Crippen molar-refractivity contribution >= 4 is 10.8 Å². The zero-order valence-corrected chi connectivity index (χ0v) is 13.1. The molecule has 0 aliphatic rings. The van der Waals surface area contributed by atoms with Gasteiger partial charge in [-0.15, -0.1) is 0 Å². The van der Waals surface area contributed by atoms with Crippen molar-refractivity contribution in [2.75, 3.05) is 13.5 Å². The number of fused-ring (bicyclic) bond motifs is 1. The summed E-state index contributed by atoms with van der Waals surface area (Å²) in [6.07, 6.45) is 0.737. The second-order valence-corrected chi connectivity index (χ2v) is 5.89. The molecule has 2 aromatic carbocycles. The van der Waals surface area contributed by atoms with Crippen LogP contribution in [0.5, 0.6) is 0 Å². The molecule has 0 radical (unpaired) electrons. The zero-order valence-electron chi connectivity index (χ0n) is 21.1. The molecule has 0 bridgehead atoms. The maximum absolute atomic E-state index is 8.63. The van der Waals surface area contributed by atoms with Crippen LogP contribution in [-0.2, 0) is 6.50 Å². The highest BCUT2D eigenvalue weighted by Gasteiger charge is 2.03. The van der Waals surface area contributed by atoms with Crippen LogP contribution < -0.4 is 0 Å². The summed E-state index contributed by atoms with van der Waals surface area (Å²) < 4.78 is 65.5. The Bertz CT molecular complexity index is 998. The third-order valence-corrected chi connectivity index (χ3v) is 2.80. The molecule has 0 saturated carbocycles. The molecule has 2 rings (SSSR count). The molecule has 0 aliphatic heterocycles. The fourth-order valence-corrected chi connectivity index (χ4v) is 1.83. The van der Waals surface area contributed by atoms with Gasteiger partial charge in [-0.2, -0.15) is 0 Å². The molecule has 0 fully saturated rings. The number of allylic oxidation sites excluding steroid dienone is 1. The predicted octanol–water partition coefficient (Wildman–Crippen LogP) is 4.88. The normalized spacial score (nSPS) is 19.5. The van der Waals surface area contributed by atoms with Crippen LogP contribution >= 0.6 is 0 Å². The molecule has 2 aromatic rings. The highest BCUT2D eigenvalue weighted by atomic mass is 15.1. The molecule has 0 N–H and O–H groups in total. The third-order valence-electron chi connectivity index (χ3n) is 2.80. The number of rotatable bonds is 4. The van der Waals surface area contributed by atoms with Crippen molar-refractivity contribution < 1.29 is 11.0 Å². The van der Waals surface area contributed by atoms with Crippen LogP contribution in [0.25, 0.3) is 10.8 Å². The molecular weight excluding hydrogens is 266 g/mol. The second-order valence-electron chi connectivity index (χ2n) is 5.89. The largest absolute Gasteiger partial charge is 0.298 e.